The molecule has 0 saturated carbocycles. The topological polar surface area (TPSA) is 110 Å². The van der Waals surface area contributed by atoms with Crippen LogP contribution in [0.4, 0.5) is 5.69 Å². The molecule has 0 radical (unpaired) electrons. The van der Waals surface area contributed by atoms with E-state index in [0.717, 1.165) is 0 Å². The molecule has 0 aromatic heterocycles. The number of hydrogen-bond donors (Lipinski definition) is 2. The molecule has 0 aliphatic carbocycles. The number of hydrogen-bond acceptors (Lipinski definition) is 4. The lowest BCUT2D eigenvalue weighted by molar-refractivity contribution is 0.100. The second-order valence-electron chi connectivity index (χ2n) is 6.96. The summed E-state index contributed by atoms with van der Waals surface area (Å²) in [6.07, 6.45) is 1.53. The number of carbonyl (C=O) groups excluding carboxylic acids is 2. The van der Waals surface area contributed by atoms with E-state index in [4.69, 9.17) is 5.73 Å². The van der Waals surface area contributed by atoms with Crippen LogP contribution in [-0.4, -0.2) is 31.1 Å². The maximum atomic E-state index is 13.0. The lowest BCUT2D eigenvalue weighted by atomic mass is 10.1. The smallest absolute Gasteiger partial charge is 0.255 e. The van der Waals surface area contributed by atoms with Crippen molar-refractivity contribution in [1.82, 2.24) is 4.31 Å². The second-order valence-corrected chi connectivity index (χ2v) is 8.90. The highest BCUT2D eigenvalue weighted by atomic mass is 32.2. The Labute approximate surface area is 187 Å². The van der Waals surface area contributed by atoms with Gasteiger partial charge in [0.25, 0.3) is 11.8 Å². The van der Waals surface area contributed by atoms with E-state index >= 15 is 0 Å². The molecule has 0 saturated heterocycles. The van der Waals surface area contributed by atoms with Gasteiger partial charge < -0.3 is 11.1 Å². The molecule has 3 rings (SSSR count). The molecule has 0 bridgehead atoms. The Kier molecular flexibility index (Phi) is 7.19. The average molecular weight is 450 g/mol. The third kappa shape index (κ3) is 5.29. The Bertz CT molecular complexity index is 1220. The standard InChI is InChI=1S/C24H23N3O4S/c1-2-16-27(32(30,31)20-8-4-3-5-9-20)17-18-12-14-19(15-13-18)24(29)26-22-11-7-6-10-21(22)23(25)28/h2-15H,1,16-17H2,(H2,25,28)(H,26,29). The Morgan fingerprint density at radius 1 is 0.938 bits per heavy atom. The third-order valence-electron chi connectivity index (χ3n) is 4.73. The van der Waals surface area contributed by atoms with Gasteiger partial charge >= 0.3 is 0 Å². The second kappa shape index (κ2) is 10.0. The first-order valence-corrected chi connectivity index (χ1v) is 11.2. The van der Waals surface area contributed by atoms with Gasteiger partial charge in [0.1, 0.15) is 0 Å². The monoisotopic (exact) mass is 449 g/mol. The van der Waals surface area contributed by atoms with Gasteiger partial charge in [-0.2, -0.15) is 4.31 Å². The molecule has 32 heavy (non-hydrogen) atoms. The van der Waals surface area contributed by atoms with Crippen LogP contribution in [-0.2, 0) is 16.6 Å². The van der Waals surface area contributed by atoms with Gasteiger partial charge in [-0.15, -0.1) is 6.58 Å². The zero-order valence-electron chi connectivity index (χ0n) is 17.3. The van der Waals surface area contributed by atoms with Crippen molar-refractivity contribution in [3.05, 3.63) is 108 Å². The van der Waals surface area contributed by atoms with Crippen LogP contribution in [0, 0.1) is 0 Å². The summed E-state index contributed by atoms with van der Waals surface area (Å²) in [7, 11) is -3.70. The normalized spacial score (nSPS) is 11.2. The number of anilines is 1. The van der Waals surface area contributed by atoms with Crippen molar-refractivity contribution < 1.29 is 18.0 Å². The van der Waals surface area contributed by atoms with E-state index < -0.39 is 21.8 Å². The van der Waals surface area contributed by atoms with E-state index in [1.54, 1.807) is 72.8 Å². The van der Waals surface area contributed by atoms with Crippen molar-refractivity contribution in [3.8, 4) is 0 Å². The summed E-state index contributed by atoms with van der Waals surface area (Å²) in [5.41, 5.74) is 6.94. The van der Waals surface area contributed by atoms with E-state index in [1.807, 2.05) is 0 Å². The maximum absolute atomic E-state index is 13.0. The number of amides is 2. The molecule has 0 aliphatic rings. The summed E-state index contributed by atoms with van der Waals surface area (Å²) in [4.78, 5) is 24.3. The first-order chi connectivity index (χ1) is 15.3. The highest BCUT2D eigenvalue weighted by Gasteiger charge is 2.23. The lowest BCUT2D eigenvalue weighted by Gasteiger charge is -2.21. The number of nitrogens with one attached hydrogen (secondary N) is 1. The average Bonchev–Trinajstić information content (AvgIpc) is 2.80. The highest BCUT2D eigenvalue weighted by Crippen LogP contribution is 2.19. The zero-order chi connectivity index (χ0) is 23.1. The number of sulfonamides is 1. The summed E-state index contributed by atoms with van der Waals surface area (Å²) >= 11 is 0. The Hall–Kier alpha value is -3.75. The van der Waals surface area contributed by atoms with Gasteiger partial charge in [-0.3, -0.25) is 9.59 Å². The van der Waals surface area contributed by atoms with E-state index in [0.29, 0.717) is 16.8 Å². The third-order valence-corrected chi connectivity index (χ3v) is 6.56. The van der Waals surface area contributed by atoms with Crippen LogP contribution in [0.15, 0.2) is 96.4 Å². The minimum Gasteiger partial charge on any atom is -0.366 e. The summed E-state index contributed by atoms with van der Waals surface area (Å²) in [6.45, 7) is 3.92. The number of carbonyl (C=O) groups is 2. The number of benzene rings is 3. The number of nitrogens with zero attached hydrogens (tertiary/aromatic N) is 1. The first kappa shape index (κ1) is 22.9. The molecule has 3 aromatic rings. The van der Waals surface area contributed by atoms with Crippen molar-refractivity contribution in [2.24, 2.45) is 5.73 Å². The molecular weight excluding hydrogens is 426 g/mol. The predicted molar refractivity (Wildman–Crippen MR) is 124 cm³/mol. The molecule has 0 aliphatic heterocycles. The summed E-state index contributed by atoms with van der Waals surface area (Å²) < 4.78 is 27.2. The van der Waals surface area contributed by atoms with E-state index in [9.17, 15) is 18.0 Å². The first-order valence-electron chi connectivity index (χ1n) is 9.78. The van der Waals surface area contributed by atoms with Gasteiger partial charge in [0.2, 0.25) is 10.0 Å². The molecule has 0 spiro atoms. The Balaban J connectivity index is 1.76. The van der Waals surface area contributed by atoms with E-state index in [2.05, 4.69) is 11.9 Å². The summed E-state index contributed by atoms with van der Waals surface area (Å²) in [5, 5.41) is 2.68. The molecule has 3 aromatic carbocycles. The van der Waals surface area contributed by atoms with Crippen molar-refractivity contribution in [1.29, 1.82) is 0 Å². The molecule has 0 atom stereocenters. The fourth-order valence-electron chi connectivity index (χ4n) is 3.10. The Morgan fingerprint density at radius 2 is 1.56 bits per heavy atom. The van der Waals surface area contributed by atoms with Crippen molar-refractivity contribution in [2.75, 3.05) is 11.9 Å². The molecule has 0 unspecified atom stereocenters. The quantitative estimate of drug-likeness (QED) is 0.488. The van der Waals surface area contributed by atoms with E-state index in [1.165, 1.54) is 16.4 Å². The van der Waals surface area contributed by atoms with Gasteiger partial charge in [-0.05, 0) is 42.0 Å². The van der Waals surface area contributed by atoms with E-state index in [-0.39, 0.29) is 23.5 Å². The minimum atomic E-state index is -3.70. The molecular formula is C24H23N3O4S. The van der Waals surface area contributed by atoms with Crippen LogP contribution in [0.1, 0.15) is 26.3 Å². The van der Waals surface area contributed by atoms with Crippen LogP contribution < -0.4 is 11.1 Å². The van der Waals surface area contributed by atoms with Gasteiger partial charge in [-0.1, -0.05) is 48.5 Å². The molecule has 2 amide bonds. The number of primary amides is 1. The van der Waals surface area contributed by atoms with Crippen molar-refractivity contribution in [2.45, 2.75) is 11.4 Å². The molecule has 0 fully saturated rings. The lowest BCUT2D eigenvalue weighted by Crippen LogP contribution is -2.30. The number of para-hydroxylation sites is 1. The fourth-order valence-corrected chi connectivity index (χ4v) is 4.52. The van der Waals surface area contributed by atoms with Gasteiger partial charge in [0.15, 0.2) is 0 Å². The molecule has 3 N–H and O–H groups in total. The zero-order valence-corrected chi connectivity index (χ0v) is 18.1. The molecule has 0 heterocycles. The molecule has 7 nitrogen and oxygen atoms in total. The number of rotatable bonds is 9. The fraction of sp³-hybridized carbons (Fsp3) is 0.0833. The van der Waals surface area contributed by atoms with Gasteiger partial charge in [-0.25, -0.2) is 8.42 Å². The number of nitrogens with two attached hydrogens (primary N) is 1. The van der Waals surface area contributed by atoms with Crippen molar-refractivity contribution in [3.63, 3.8) is 0 Å². The Morgan fingerprint density at radius 3 is 2.19 bits per heavy atom. The largest absolute Gasteiger partial charge is 0.366 e. The maximum Gasteiger partial charge on any atom is 0.255 e. The minimum absolute atomic E-state index is 0.121. The van der Waals surface area contributed by atoms with Gasteiger partial charge in [0, 0.05) is 18.7 Å². The summed E-state index contributed by atoms with van der Waals surface area (Å²) in [6, 6.07) is 21.2. The summed E-state index contributed by atoms with van der Waals surface area (Å²) in [5.74, 6) is -1.05. The SMILES string of the molecule is C=CCN(Cc1ccc(C(=O)Nc2ccccc2C(N)=O)cc1)S(=O)(=O)c1ccccc1. The van der Waals surface area contributed by atoms with Crippen LogP contribution >= 0.6 is 0 Å². The van der Waals surface area contributed by atoms with Crippen LogP contribution in [0.2, 0.25) is 0 Å². The predicted octanol–water partition coefficient (Wildman–Crippen LogP) is 3.41. The highest BCUT2D eigenvalue weighted by molar-refractivity contribution is 7.89. The van der Waals surface area contributed by atoms with Crippen LogP contribution in [0.5, 0.6) is 0 Å². The van der Waals surface area contributed by atoms with Crippen LogP contribution in [0.3, 0.4) is 0 Å². The van der Waals surface area contributed by atoms with Crippen molar-refractivity contribution >= 4 is 27.5 Å². The van der Waals surface area contributed by atoms with Gasteiger partial charge in [0.05, 0.1) is 16.1 Å². The molecule has 8 heteroatoms. The van der Waals surface area contributed by atoms with Crippen LogP contribution in [0.25, 0.3) is 0 Å². The molecule has 164 valence electrons.